The number of amides is 2. The normalized spacial score (nSPS) is 16.3. The van der Waals surface area contributed by atoms with E-state index in [1.807, 2.05) is 0 Å². The standard InChI is InChI=1S/C16H13F3N4O5/c1-7-5-11(21-28-7)20-15(24)9-3-2-4-22(9)16(25)8-6-10(23(26)27)13(18)14(19)12(8)17/h5-6,9H,2-4H2,1H3,(H,20,21,24)/t9-/m0/s1. The first kappa shape index (κ1) is 19.3. The molecule has 0 radical (unpaired) electrons. The SMILES string of the molecule is Cc1cc(NC(=O)[C@@H]2CCCN2C(=O)c2cc([N+](=O)[O-])c(F)c(F)c2F)no1. The number of nitrogens with zero attached hydrogens (tertiary/aromatic N) is 3. The summed E-state index contributed by atoms with van der Waals surface area (Å²) in [6, 6.07) is 0.720. The van der Waals surface area contributed by atoms with Gasteiger partial charge < -0.3 is 14.7 Å². The van der Waals surface area contributed by atoms with E-state index in [2.05, 4.69) is 10.5 Å². The van der Waals surface area contributed by atoms with Crippen LogP contribution in [0.1, 0.15) is 29.0 Å². The van der Waals surface area contributed by atoms with Crippen LogP contribution in [0.25, 0.3) is 0 Å². The third-order valence-corrected chi connectivity index (χ3v) is 4.25. The average Bonchev–Trinajstić information content (AvgIpc) is 3.28. The topological polar surface area (TPSA) is 119 Å². The van der Waals surface area contributed by atoms with Gasteiger partial charge in [0.2, 0.25) is 17.5 Å². The van der Waals surface area contributed by atoms with Crippen LogP contribution < -0.4 is 5.32 Å². The van der Waals surface area contributed by atoms with Crippen molar-refractivity contribution in [1.82, 2.24) is 10.1 Å². The summed E-state index contributed by atoms with van der Waals surface area (Å²) in [5.74, 6) is -7.24. The number of benzene rings is 1. The molecule has 1 aromatic heterocycles. The molecule has 1 aliphatic heterocycles. The van der Waals surface area contributed by atoms with E-state index in [-0.39, 0.29) is 18.8 Å². The Balaban J connectivity index is 1.89. The molecular weight excluding hydrogens is 385 g/mol. The van der Waals surface area contributed by atoms with Gasteiger partial charge in [-0.2, -0.15) is 4.39 Å². The minimum absolute atomic E-state index is 0.0288. The highest BCUT2D eigenvalue weighted by Crippen LogP contribution is 2.29. The summed E-state index contributed by atoms with van der Waals surface area (Å²) in [6.07, 6.45) is 0.608. The van der Waals surface area contributed by atoms with Crippen LogP contribution in [-0.4, -0.2) is 39.4 Å². The molecule has 9 nitrogen and oxygen atoms in total. The summed E-state index contributed by atoms with van der Waals surface area (Å²) < 4.78 is 46.1. The molecule has 148 valence electrons. The molecule has 2 heterocycles. The Morgan fingerprint density at radius 3 is 2.61 bits per heavy atom. The maximum Gasteiger partial charge on any atom is 0.308 e. The Bertz CT molecular complexity index is 977. The molecule has 0 unspecified atom stereocenters. The first-order valence-corrected chi connectivity index (χ1v) is 8.07. The van der Waals surface area contributed by atoms with Gasteiger partial charge in [-0.1, -0.05) is 5.16 Å². The minimum Gasteiger partial charge on any atom is -0.360 e. The number of anilines is 1. The quantitative estimate of drug-likeness (QED) is 0.480. The number of carbonyl (C=O) groups is 2. The first-order chi connectivity index (χ1) is 13.2. The molecule has 0 aliphatic carbocycles. The number of aromatic nitrogens is 1. The number of nitro benzene ring substituents is 1. The summed E-state index contributed by atoms with van der Waals surface area (Å²) >= 11 is 0. The molecule has 1 N–H and O–H groups in total. The molecule has 1 saturated heterocycles. The van der Waals surface area contributed by atoms with Crippen LogP contribution in [0.4, 0.5) is 24.7 Å². The second-order valence-electron chi connectivity index (χ2n) is 6.11. The molecule has 0 saturated carbocycles. The number of carbonyl (C=O) groups excluding carboxylic acids is 2. The summed E-state index contributed by atoms with van der Waals surface area (Å²) in [5, 5.41) is 16.8. The van der Waals surface area contributed by atoms with E-state index in [0.29, 0.717) is 18.2 Å². The van der Waals surface area contributed by atoms with Crippen molar-refractivity contribution in [3.63, 3.8) is 0 Å². The number of nitro groups is 1. The molecule has 2 amide bonds. The Morgan fingerprint density at radius 1 is 1.29 bits per heavy atom. The van der Waals surface area contributed by atoms with Crippen LogP contribution in [0.2, 0.25) is 0 Å². The van der Waals surface area contributed by atoms with Crippen molar-refractivity contribution >= 4 is 23.3 Å². The number of aryl methyl sites for hydroxylation is 1. The monoisotopic (exact) mass is 398 g/mol. The lowest BCUT2D eigenvalue weighted by Gasteiger charge is -2.23. The smallest absolute Gasteiger partial charge is 0.308 e. The number of likely N-dealkylation sites (tertiary alicyclic amines) is 1. The highest BCUT2D eigenvalue weighted by atomic mass is 19.2. The maximum atomic E-state index is 14.1. The Hall–Kier alpha value is -3.44. The van der Waals surface area contributed by atoms with E-state index in [0.717, 1.165) is 4.90 Å². The summed E-state index contributed by atoms with van der Waals surface area (Å²) in [6.45, 7) is 1.63. The lowest BCUT2D eigenvalue weighted by Crippen LogP contribution is -2.43. The number of halogens is 3. The van der Waals surface area contributed by atoms with E-state index in [4.69, 9.17) is 4.52 Å². The molecule has 28 heavy (non-hydrogen) atoms. The van der Waals surface area contributed by atoms with Crippen molar-refractivity contribution < 1.29 is 32.2 Å². The molecular formula is C16H13F3N4O5. The fourth-order valence-electron chi connectivity index (χ4n) is 2.95. The zero-order valence-corrected chi connectivity index (χ0v) is 14.4. The van der Waals surface area contributed by atoms with Crippen LogP contribution >= 0.6 is 0 Å². The van der Waals surface area contributed by atoms with Gasteiger partial charge in [0.1, 0.15) is 11.8 Å². The number of rotatable bonds is 4. The van der Waals surface area contributed by atoms with Crippen molar-refractivity contribution in [2.45, 2.75) is 25.8 Å². The Labute approximate surface area is 155 Å². The average molecular weight is 398 g/mol. The van der Waals surface area contributed by atoms with Gasteiger partial charge in [0.25, 0.3) is 5.91 Å². The van der Waals surface area contributed by atoms with Gasteiger partial charge in [0, 0.05) is 18.7 Å². The maximum absolute atomic E-state index is 14.1. The Morgan fingerprint density at radius 2 is 2.00 bits per heavy atom. The summed E-state index contributed by atoms with van der Waals surface area (Å²) in [4.78, 5) is 35.6. The van der Waals surface area contributed by atoms with Crippen LogP contribution in [0.15, 0.2) is 16.7 Å². The Kier molecular flexibility index (Phi) is 5.03. The lowest BCUT2D eigenvalue weighted by atomic mass is 10.1. The van der Waals surface area contributed by atoms with Gasteiger partial charge in [-0.15, -0.1) is 0 Å². The zero-order chi connectivity index (χ0) is 20.6. The van der Waals surface area contributed by atoms with Crippen molar-refractivity contribution in [3.8, 4) is 0 Å². The molecule has 12 heteroatoms. The molecule has 1 aliphatic rings. The third-order valence-electron chi connectivity index (χ3n) is 4.25. The summed E-state index contributed by atoms with van der Waals surface area (Å²) in [7, 11) is 0. The predicted molar refractivity (Wildman–Crippen MR) is 86.9 cm³/mol. The van der Waals surface area contributed by atoms with E-state index >= 15 is 0 Å². The number of nitrogens with one attached hydrogen (secondary N) is 1. The van der Waals surface area contributed by atoms with Crippen molar-refractivity contribution in [3.05, 3.63) is 51.0 Å². The highest BCUT2D eigenvalue weighted by molar-refractivity contribution is 6.01. The van der Waals surface area contributed by atoms with E-state index in [1.54, 1.807) is 6.92 Å². The molecule has 1 atom stereocenters. The fourth-order valence-corrected chi connectivity index (χ4v) is 2.95. The van der Waals surface area contributed by atoms with Gasteiger partial charge in [-0.3, -0.25) is 19.7 Å². The van der Waals surface area contributed by atoms with E-state index < -0.39 is 51.5 Å². The van der Waals surface area contributed by atoms with Crippen molar-refractivity contribution in [2.24, 2.45) is 0 Å². The molecule has 1 aromatic carbocycles. The second kappa shape index (κ2) is 7.29. The minimum atomic E-state index is -2.13. The number of hydrogen-bond donors (Lipinski definition) is 1. The molecule has 1 fully saturated rings. The zero-order valence-electron chi connectivity index (χ0n) is 14.4. The van der Waals surface area contributed by atoms with Crippen LogP contribution in [0, 0.1) is 34.5 Å². The lowest BCUT2D eigenvalue weighted by molar-refractivity contribution is -0.387. The second-order valence-corrected chi connectivity index (χ2v) is 6.11. The molecule has 2 aromatic rings. The fraction of sp³-hybridized carbons (Fsp3) is 0.312. The largest absolute Gasteiger partial charge is 0.360 e. The molecule has 0 bridgehead atoms. The first-order valence-electron chi connectivity index (χ1n) is 8.07. The van der Waals surface area contributed by atoms with Gasteiger partial charge in [0.15, 0.2) is 11.6 Å². The number of hydrogen-bond acceptors (Lipinski definition) is 6. The van der Waals surface area contributed by atoms with Crippen molar-refractivity contribution in [1.29, 1.82) is 0 Å². The highest BCUT2D eigenvalue weighted by Gasteiger charge is 2.38. The van der Waals surface area contributed by atoms with Crippen LogP contribution in [0.5, 0.6) is 0 Å². The molecule has 0 spiro atoms. The van der Waals surface area contributed by atoms with E-state index in [1.165, 1.54) is 6.07 Å². The van der Waals surface area contributed by atoms with E-state index in [9.17, 15) is 32.9 Å². The summed E-state index contributed by atoms with van der Waals surface area (Å²) in [5.41, 5.74) is -2.40. The van der Waals surface area contributed by atoms with Gasteiger partial charge in [-0.25, -0.2) is 8.78 Å². The van der Waals surface area contributed by atoms with Crippen LogP contribution in [0.3, 0.4) is 0 Å². The van der Waals surface area contributed by atoms with Gasteiger partial charge >= 0.3 is 5.69 Å². The van der Waals surface area contributed by atoms with Crippen LogP contribution in [-0.2, 0) is 4.79 Å². The predicted octanol–water partition coefficient (Wildman–Crippen LogP) is 2.55. The van der Waals surface area contributed by atoms with Gasteiger partial charge in [-0.05, 0) is 19.8 Å². The third kappa shape index (κ3) is 3.40. The molecule has 3 rings (SSSR count). The van der Waals surface area contributed by atoms with Gasteiger partial charge in [0.05, 0.1) is 10.5 Å². The van der Waals surface area contributed by atoms with Crippen molar-refractivity contribution in [2.75, 3.05) is 11.9 Å².